The number of epoxide rings is 1. The number of hydrogen-bond acceptors (Lipinski definition) is 1. The minimum absolute atomic E-state index is 0.248. The SMILES string of the molecule is FC(F)C1CO1. The molecule has 1 nitrogen and oxygen atoms in total. The molecule has 6 heavy (non-hydrogen) atoms. The van der Waals surface area contributed by atoms with Crippen LogP contribution in [-0.2, 0) is 4.74 Å². The first kappa shape index (κ1) is 3.99. The molecule has 0 aromatic heterocycles. The molecule has 0 aromatic rings. The predicted molar refractivity (Wildman–Crippen MR) is 15.7 cm³/mol. The first-order valence-corrected chi connectivity index (χ1v) is 1.70. The average molecular weight is 94.1 g/mol. The van der Waals surface area contributed by atoms with Crippen molar-refractivity contribution in [3.8, 4) is 0 Å². The number of halogens is 2. The highest BCUT2D eigenvalue weighted by Crippen LogP contribution is 2.16. The summed E-state index contributed by atoms with van der Waals surface area (Å²) in [4.78, 5) is 0. The molecule has 36 valence electrons. The number of alkyl halides is 2. The van der Waals surface area contributed by atoms with Crippen LogP contribution in [0.1, 0.15) is 0 Å². The van der Waals surface area contributed by atoms with E-state index < -0.39 is 12.5 Å². The van der Waals surface area contributed by atoms with E-state index in [-0.39, 0.29) is 6.61 Å². The Morgan fingerprint density at radius 2 is 2.17 bits per heavy atom. The van der Waals surface area contributed by atoms with Gasteiger partial charge in [-0.3, -0.25) is 0 Å². The molecule has 1 rings (SSSR count). The zero-order valence-corrected chi connectivity index (χ0v) is 3.03. The lowest BCUT2D eigenvalue weighted by molar-refractivity contribution is 0.108. The molecule has 1 unspecified atom stereocenters. The van der Waals surface area contributed by atoms with E-state index in [9.17, 15) is 8.78 Å². The van der Waals surface area contributed by atoms with Crippen molar-refractivity contribution in [1.29, 1.82) is 0 Å². The van der Waals surface area contributed by atoms with Gasteiger partial charge in [0.2, 0.25) is 0 Å². The standard InChI is InChI=1S/C3H4F2O/c4-3(5)2-1-6-2/h2-3H,1H2. The Morgan fingerprint density at radius 3 is 2.17 bits per heavy atom. The lowest BCUT2D eigenvalue weighted by Gasteiger charge is -1.82. The number of ether oxygens (including phenoxy) is 1. The minimum atomic E-state index is -2.26. The second kappa shape index (κ2) is 1.15. The molecule has 0 aliphatic carbocycles. The van der Waals surface area contributed by atoms with E-state index in [1.807, 2.05) is 0 Å². The van der Waals surface area contributed by atoms with Gasteiger partial charge in [-0.05, 0) is 0 Å². The molecule has 3 heteroatoms. The number of hydrogen-bond donors (Lipinski definition) is 0. The zero-order chi connectivity index (χ0) is 4.57. The maximum Gasteiger partial charge on any atom is 0.266 e. The van der Waals surface area contributed by atoms with Crippen LogP contribution in [0, 0.1) is 0 Å². The molecule has 0 spiro atoms. The topological polar surface area (TPSA) is 12.5 Å². The molecule has 0 radical (unpaired) electrons. The van der Waals surface area contributed by atoms with Crippen LogP contribution >= 0.6 is 0 Å². The molecule has 1 atom stereocenters. The molecule has 0 N–H and O–H groups in total. The highest BCUT2D eigenvalue weighted by Gasteiger charge is 2.32. The third-order valence-electron chi connectivity index (χ3n) is 0.640. The molecule has 1 saturated heterocycles. The fraction of sp³-hybridized carbons (Fsp3) is 1.00. The maximum atomic E-state index is 11.1. The Kier molecular flexibility index (Phi) is 0.765. The van der Waals surface area contributed by atoms with Crippen molar-refractivity contribution in [2.45, 2.75) is 12.5 Å². The summed E-state index contributed by atoms with van der Waals surface area (Å²) in [5.41, 5.74) is 0. The van der Waals surface area contributed by atoms with Crippen molar-refractivity contribution >= 4 is 0 Å². The van der Waals surface area contributed by atoms with Crippen molar-refractivity contribution in [2.75, 3.05) is 6.61 Å². The number of rotatable bonds is 1. The van der Waals surface area contributed by atoms with Crippen molar-refractivity contribution in [2.24, 2.45) is 0 Å². The monoisotopic (exact) mass is 94.0 g/mol. The van der Waals surface area contributed by atoms with E-state index in [0.29, 0.717) is 0 Å². The molecule has 0 amide bonds. The van der Waals surface area contributed by atoms with Crippen LogP contribution in [0.3, 0.4) is 0 Å². The molecule has 0 saturated carbocycles. The minimum Gasteiger partial charge on any atom is -0.367 e. The van der Waals surface area contributed by atoms with Crippen LogP contribution in [-0.4, -0.2) is 19.1 Å². The molecular formula is C3H4F2O. The van der Waals surface area contributed by atoms with Gasteiger partial charge in [0.1, 0.15) is 6.10 Å². The van der Waals surface area contributed by atoms with Crippen molar-refractivity contribution in [3.63, 3.8) is 0 Å². The second-order valence-electron chi connectivity index (χ2n) is 1.21. The van der Waals surface area contributed by atoms with E-state index in [2.05, 4.69) is 4.74 Å². The summed E-state index contributed by atoms with van der Waals surface area (Å²) in [5, 5.41) is 0. The van der Waals surface area contributed by atoms with Crippen LogP contribution in [0.4, 0.5) is 8.78 Å². The van der Waals surface area contributed by atoms with Gasteiger partial charge in [-0.1, -0.05) is 0 Å². The normalized spacial score (nSPS) is 31.5. The van der Waals surface area contributed by atoms with Crippen LogP contribution in [0.25, 0.3) is 0 Å². The van der Waals surface area contributed by atoms with E-state index in [4.69, 9.17) is 0 Å². The van der Waals surface area contributed by atoms with Gasteiger partial charge in [-0.15, -0.1) is 0 Å². The van der Waals surface area contributed by atoms with Crippen LogP contribution in [0.15, 0.2) is 0 Å². The van der Waals surface area contributed by atoms with E-state index >= 15 is 0 Å². The van der Waals surface area contributed by atoms with Gasteiger partial charge in [0, 0.05) is 0 Å². The molecule has 1 fully saturated rings. The van der Waals surface area contributed by atoms with Crippen molar-refractivity contribution < 1.29 is 13.5 Å². The van der Waals surface area contributed by atoms with E-state index in [1.54, 1.807) is 0 Å². The Balaban J connectivity index is 2.13. The first-order valence-electron chi connectivity index (χ1n) is 1.70. The average Bonchev–Trinajstić information content (AvgIpc) is 2.06. The Hall–Kier alpha value is -0.180. The van der Waals surface area contributed by atoms with Gasteiger partial charge in [-0.2, -0.15) is 0 Å². The Labute approximate surface area is 33.9 Å². The van der Waals surface area contributed by atoms with Crippen molar-refractivity contribution in [3.05, 3.63) is 0 Å². The highest BCUT2D eigenvalue weighted by atomic mass is 19.3. The molecule has 1 aliphatic heterocycles. The van der Waals surface area contributed by atoms with Crippen LogP contribution < -0.4 is 0 Å². The summed E-state index contributed by atoms with van der Waals surface area (Å²) in [6.07, 6.45) is -2.99. The quantitative estimate of drug-likeness (QED) is 0.434. The van der Waals surface area contributed by atoms with Gasteiger partial charge in [0.15, 0.2) is 0 Å². The zero-order valence-electron chi connectivity index (χ0n) is 3.03. The summed E-state index contributed by atoms with van der Waals surface area (Å²) in [7, 11) is 0. The first-order chi connectivity index (χ1) is 2.80. The third kappa shape index (κ3) is 0.653. The van der Waals surface area contributed by atoms with Crippen LogP contribution in [0.5, 0.6) is 0 Å². The van der Waals surface area contributed by atoms with Crippen molar-refractivity contribution in [1.82, 2.24) is 0 Å². The van der Waals surface area contributed by atoms with Gasteiger partial charge < -0.3 is 4.74 Å². The van der Waals surface area contributed by atoms with Gasteiger partial charge in [0.05, 0.1) is 6.61 Å². The molecule has 1 heterocycles. The molecular weight excluding hydrogens is 90.0 g/mol. The summed E-state index contributed by atoms with van der Waals surface area (Å²) < 4.78 is 26.4. The molecule has 1 aliphatic rings. The molecule has 0 aromatic carbocycles. The lowest BCUT2D eigenvalue weighted by Crippen LogP contribution is -1.98. The summed E-state index contributed by atoms with van der Waals surface area (Å²) >= 11 is 0. The maximum absolute atomic E-state index is 11.1. The van der Waals surface area contributed by atoms with Gasteiger partial charge in [0.25, 0.3) is 6.43 Å². The highest BCUT2D eigenvalue weighted by molar-refractivity contribution is 4.70. The summed E-state index contributed by atoms with van der Waals surface area (Å²) in [5.74, 6) is 0. The van der Waals surface area contributed by atoms with E-state index in [0.717, 1.165) is 0 Å². The summed E-state index contributed by atoms with van der Waals surface area (Å²) in [6, 6.07) is 0. The largest absolute Gasteiger partial charge is 0.367 e. The Bertz CT molecular complexity index is 50.8. The fourth-order valence-electron chi connectivity index (χ4n) is 0.201. The predicted octanol–water partition coefficient (Wildman–Crippen LogP) is 0.650. The van der Waals surface area contributed by atoms with E-state index in [1.165, 1.54) is 0 Å². The third-order valence-corrected chi connectivity index (χ3v) is 0.640. The second-order valence-corrected chi connectivity index (χ2v) is 1.21. The summed E-state index contributed by atoms with van der Waals surface area (Å²) in [6.45, 7) is 0.248. The fourth-order valence-corrected chi connectivity index (χ4v) is 0.201. The molecule has 0 bridgehead atoms. The lowest BCUT2D eigenvalue weighted by atomic mass is 10.5. The van der Waals surface area contributed by atoms with Crippen LogP contribution in [0.2, 0.25) is 0 Å². The Morgan fingerprint density at radius 1 is 1.67 bits per heavy atom. The van der Waals surface area contributed by atoms with Gasteiger partial charge in [-0.25, -0.2) is 8.78 Å². The van der Waals surface area contributed by atoms with Gasteiger partial charge >= 0.3 is 0 Å². The smallest absolute Gasteiger partial charge is 0.266 e.